The molecule has 0 radical (unpaired) electrons. The normalized spacial score (nSPS) is 10.9. The number of hydrogen-bond acceptors (Lipinski definition) is 3. The molecule has 0 amide bonds. The fraction of sp³-hybridized carbons (Fsp3) is 0.625. The van der Waals surface area contributed by atoms with Crippen LogP contribution in [0.1, 0.15) is 37.3 Å². The lowest BCUT2D eigenvalue weighted by atomic mass is 10.1. The largest absolute Gasteiger partial charge is 0.383 e. The molecule has 2 nitrogen and oxygen atoms in total. The van der Waals surface area contributed by atoms with Crippen LogP contribution in [0.15, 0.2) is 23.1 Å². The van der Waals surface area contributed by atoms with Crippen molar-refractivity contribution >= 4 is 11.8 Å². The summed E-state index contributed by atoms with van der Waals surface area (Å²) in [6.07, 6.45) is 3.96. The number of hydrogen-bond donors (Lipinski definition) is 1. The fourth-order valence-corrected chi connectivity index (χ4v) is 2.94. The molecule has 1 aromatic rings. The number of rotatable bonds is 10. The molecule has 0 aliphatic rings. The van der Waals surface area contributed by atoms with Crippen LogP contribution in [0.5, 0.6) is 0 Å². The summed E-state index contributed by atoms with van der Waals surface area (Å²) in [5, 5.41) is 3.38. The smallest absolute Gasteiger partial charge is 0.0587 e. The molecule has 1 rings (SSSR count). The highest BCUT2D eigenvalue weighted by Gasteiger charge is 2.01. The lowest BCUT2D eigenvalue weighted by Gasteiger charge is -2.09. The van der Waals surface area contributed by atoms with E-state index >= 15 is 0 Å². The maximum atomic E-state index is 5.02. The van der Waals surface area contributed by atoms with E-state index in [0.717, 1.165) is 19.7 Å². The maximum Gasteiger partial charge on any atom is 0.0587 e. The van der Waals surface area contributed by atoms with Crippen LogP contribution in [0.25, 0.3) is 0 Å². The first-order valence-corrected chi connectivity index (χ1v) is 8.18. The Bertz CT molecular complexity index is 355. The highest BCUT2D eigenvalue weighted by atomic mass is 32.2. The highest BCUT2D eigenvalue weighted by Crippen LogP contribution is 2.24. The zero-order chi connectivity index (χ0) is 13.9. The molecule has 0 heterocycles. The highest BCUT2D eigenvalue weighted by molar-refractivity contribution is 7.99. The topological polar surface area (TPSA) is 21.3 Å². The van der Waals surface area contributed by atoms with Crippen LogP contribution in [0.2, 0.25) is 0 Å². The van der Waals surface area contributed by atoms with E-state index in [9.17, 15) is 0 Å². The average Bonchev–Trinajstić information content (AvgIpc) is 2.42. The number of aryl methyl sites for hydroxylation is 1. The van der Waals surface area contributed by atoms with Crippen LogP contribution in [-0.4, -0.2) is 26.0 Å². The number of ether oxygens (including phenoxy) is 1. The van der Waals surface area contributed by atoms with E-state index in [-0.39, 0.29) is 0 Å². The molecule has 108 valence electrons. The van der Waals surface area contributed by atoms with E-state index in [1.54, 1.807) is 7.11 Å². The van der Waals surface area contributed by atoms with Crippen LogP contribution in [0.3, 0.4) is 0 Å². The number of benzene rings is 1. The lowest BCUT2D eigenvalue weighted by Crippen LogP contribution is -2.18. The van der Waals surface area contributed by atoms with Gasteiger partial charge in [-0.2, -0.15) is 0 Å². The van der Waals surface area contributed by atoms with Gasteiger partial charge in [-0.1, -0.05) is 31.9 Å². The van der Waals surface area contributed by atoms with Gasteiger partial charge in [0.1, 0.15) is 0 Å². The summed E-state index contributed by atoms with van der Waals surface area (Å²) in [4.78, 5) is 1.43. The van der Waals surface area contributed by atoms with E-state index in [1.807, 2.05) is 11.8 Å². The monoisotopic (exact) mass is 281 g/mol. The van der Waals surface area contributed by atoms with Gasteiger partial charge in [0.15, 0.2) is 0 Å². The Morgan fingerprint density at radius 3 is 2.79 bits per heavy atom. The summed E-state index contributed by atoms with van der Waals surface area (Å²) in [7, 11) is 1.73. The molecule has 1 N–H and O–H groups in total. The van der Waals surface area contributed by atoms with Crippen molar-refractivity contribution in [2.75, 3.05) is 26.0 Å². The van der Waals surface area contributed by atoms with Crippen molar-refractivity contribution in [3.05, 3.63) is 29.3 Å². The van der Waals surface area contributed by atoms with Gasteiger partial charge in [0.25, 0.3) is 0 Å². The second kappa shape index (κ2) is 10.3. The molecule has 1 aromatic carbocycles. The van der Waals surface area contributed by atoms with Gasteiger partial charge < -0.3 is 10.1 Å². The van der Waals surface area contributed by atoms with Crippen molar-refractivity contribution in [2.24, 2.45) is 0 Å². The number of nitrogens with one attached hydrogen (secondary N) is 1. The fourth-order valence-electron chi connectivity index (χ4n) is 1.92. The molecule has 0 fully saturated rings. The van der Waals surface area contributed by atoms with E-state index in [2.05, 4.69) is 37.4 Å². The predicted octanol–water partition coefficient (Wildman–Crippen LogP) is 4.01. The third-order valence-corrected chi connectivity index (χ3v) is 4.32. The SMILES string of the molecule is CCCCCSc1ccc(CNCCOC)cc1C. The molecule has 0 aliphatic heterocycles. The predicted molar refractivity (Wildman–Crippen MR) is 85.0 cm³/mol. The van der Waals surface area contributed by atoms with Gasteiger partial charge in [-0.25, -0.2) is 0 Å². The zero-order valence-electron chi connectivity index (χ0n) is 12.5. The Kier molecular flexibility index (Phi) is 8.97. The summed E-state index contributed by atoms with van der Waals surface area (Å²) < 4.78 is 5.02. The molecule has 3 heteroatoms. The summed E-state index contributed by atoms with van der Waals surface area (Å²) in [5.41, 5.74) is 2.75. The van der Waals surface area contributed by atoms with Gasteiger partial charge in [-0.15, -0.1) is 11.8 Å². The lowest BCUT2D eigenvalue weighted by molar-refractivity contribution is 0.199. The third kappa shape index (κ3) is 7.00. The average molecular weight is 281 g/mol. The minimum atomic E-state index is 0.768. The second-order valence-electron chi connectivity index (χ2n) is 4.82. The van der Waals surface area contributed by atoms with Crippen molar-refractivity contribution in [1.29, 1.82) is 0 Å². The van der Waals surface area contributed by atoms with Crippen LogP contribution in [0.4, 0.5) is 0 Å². The summed E-state index contributed by atoms with van der Waals surface area (Å²) in [6.45, 7) is 7.06. The van der Waals surface area contributed by atoms with Crippen LogP contribution in [-0.2, 0) is 11.3 Å². The van der Waals surface area contributed by atoms with Crippen molar-refractivity contribution < 1.29 is 4.74 Å². The molecular formula is C16H27NOS. The summed E-state index contributed by atoms with van der Waals surface area (Å²) >= 11 is 1.99. The number of unbranched alkanes of at least 4 members (excludes halogenated alkanes) is 2. The first-order valence-electron chi connectivity index (χ1n) is 7.20. The van der Waals surface area contributed by atoms with Gasteiger partial charge in [0, 0.05) is 25.1 Å². The Hall–Kier alpha value is -0.510. The molecule has 0 aliphatic carbocycles. The van der Waals surface area contributed by atoms with Crippen LogP contribution < -0.4 is 5.32 Å². The summed E-state index contributed by atoms with van der Waals surface area (Å²) in [5.74, 6) is 1.24. The minimum absolute atomic E-state index is 0.768. The first-order chi connectivity index (χ1) is 9.27. The van der Waals surface area contributed by atoms with E-state index < -0.39 is 0 Å². The van der Waals surface area contributed by atoms with E-state index in [0.29, 0.717) is 0 Å². The first kappa shape index (κ1) is 16.5. The number of thioether (sulfide) groups is 1. The van der Waals surface area contributed by atoms with E-state index in [4.69, 9.17) is 4.74 Å². The Balaban J connectivity index is 2.36. The van der Waals surface area contributed by atoms with Crippen molar-refractivity contribution in [3.63, 3.8) is 0 Å². The van der Waals surface area contributed by atoms with Crippen molar-refractivity contribution in [2.45, 2.75) is 44.6 Å². The van der Waals surface area contributed by atoms with Gasteiger partial charge in [-0.3, -0.25) is 0 Å². The van der Waals surface area contributed by atoms with Gasteiger partial charge in [0.05, 0.1) is 6.61 Å². The second-order valence-corrected chi connectivity index (χ2v) is 5.96. The van der Waals surface area contributed by atoms with E-state index in [1.165, 1.54) is 41.0 Å². The third-order valence-electron chi connectivity index (χ3n) is 3.06. The molecule has 0 spiro atoms. The van der Waals surface area contributed by atoms with Gasteiger partial charge in [-0.05, 0) is 36.3 Å². The molecular weight excluding hydrogens is 254 g/mol. The number of methoxy groups -OCH3 is 1. The minimum Gasteiger partial charge on any atom is -0.383 e. The Morgan fingerprint density at radius 1 is 1.26 bits per heavy atom. The molecule has 0 saturated carbocycles. The van der Waals surface area contributed by atoms with Crippen LogP contribution >= 0.6 is 11.8 Å². The van der Waals surface area contributed by atoms with Gasteiger partial charge >= 0.3 is 0 Å². The Morgan fingerprint density at radius 2 is 2.11 bits per heavy atom. The van der Waals surface area contributed by atoms with Crippen molar-refractivity contribution in [1.82, 2.24) is 5.32 Å². The Labute approximate surface area is 122 Å². The zero-order valence-corrected chi connectivity index (χ0v) is 13.3. The molecule has 0 aromatic heterocycles. The molecule has 0 unspecified atom stereocenters. The molecule has 0 bridgehead atoms. The van der Waals surface area contributed by atoms with Crippen LogP contribution in [0, 0.1) is 6.92 Å². The summed E-state index contributed by atoms with van der Waals surface area (Å²) in [6, 6.07) is 6.79. The van der Waals surface area contributed by atoms with Gasteiger partial charge in [0.2, 0.25) is 0 Å². The molecule has 0 saturated heterocycles. The molecule has 19 heavy (non-hydrogen) atoms. The quantitative estimate of drug-likeness (QED) is 0.517. The molecule has 0 atom stereocenters. The van der Waals surface area contributed by atoms with Crippen molar-refractivity contribution in [3.8, 4) is 0 Å². The maximum absolute atomic E-state index is 5.02. The standard InChI is InChI=1S/C16H27NOS/c1-4-5-6-11-19-16-8-7-15(12-14(16)2)13-17-9-10-18-3/h7-8,12,17H,4-6,9-11,13H2,1-3H3.